The van der Waals surface area contributed by atoms with E-state index in [0.717, 1.165) is 22.2 Å². The van der Waals surface area contributed by atoms with Crippen molar-refractivity contribution in [3.63, 3.8) is 0 Å². The number of piperidine rings is 1. The van der Waals surface area contributed by atoms with Crippen molar-refractivity contribution in [3.05, 3.63) is 95.4 Å². The summed E-state index contributed by atoms with van der Waals surface area (Å²) in [6, 6.07) is 21.1. The van der Waals surface area contributed by atoms with Gasteiger partial charge in [0.15, 0.2) is 0 Å². The fourth-order valence-electron chi connectivity index (χ4n) is 6.81. The molecule has 0 amide bonds. The smallest absolute Gasteiger partial charge is 0.282 e. The molecule has 196 valence electrons. The van der Waals surface area contributed by atoms with Crippen molar-refractivity contribution in [2.75, 3.05) is 39.4 Å². The van der Waals surface area contributed by atoms with Gasteiger partial charge in [-0.2, -0.15) is 22.1 Å². The highest BCUT2D eigenvalue weighted by molar-refractivity contribution is 7.86. The second-order valence-corrected chi connectivity index (χ2v) is 12.5. The van der Waals surface area contributed by atoms with Crippen LogP contribution in [0.3, 0.4) is 0 Å². The maximum Gasteiger partial charge on any atom is 0.282 e. The third-order valence-electron chi connectivity index (χ3n) is 8.62. The van der Waals surface area contributed by atoms with Crippen LogP contribution in [0.1, 0.15) is 22.6 Å². The van der Waals surface area contributed by atoms with Crippen LogP contribution in [-0.4, -0.2) is 66.2 Å². The van der Waals surface area contributed by atoms with Crippen molar-refractivity contribution in [3.8, 4) is 5.69 Å². The van der Waals surface area contributed by atoms with Gasteiger partial charge in [-0.05, 0) is 65.9 Å². The number of benzene rings is 3. The lowest BCUT2D eigenvalue weighted by molar-refractivity contribution is 0.0703. The van der Waals surface area contributed by atoms with E-state index in [-0.39, 0.29) is 23.1 Å². The first kappa shape index (κ1) is 24.0. The molecule has 9 heteroatoms. The summed E-state index contributed by atoms with van der Waals surface area (Å²) >= 11 is 0. The molecular formula is C29H29FN4O3S. The third-order valence-corrected chi connectivity index (χ3v) is 10.6. The summed E-state index contributed by atoms with van der Waals surface area (Å²) in [5, 5.41) is 5.59. The van der Waals surface area contributed by atoms with Gasteiger partial charge in [0.2, 0.25) is 0 Å². The van der Waals surface area contributed by atoms with Gasteiger partial charge in [0.25, 0.3) is 10.2 Å². The summed E-state index contributed by atoms with van der Waals surface area (Å²) in [6.07, 6.45) is 1.84. The number of aryl methyl sites for hydroxylation is 1. The third kappa shape index (κ3) is 3.56. The maximum absolute atomic E-state index is 13.6. The molecular weight excluding hydrogens is 503 g/mol. The number of halogens is 1. The van der Waals surface area contributed by atoms with Crippen LogP contribution in [0.2, 0.25) is 0 Å². The van der Waals surface area contributed by atoms with E-state index in [4.69, 9.17) is 4.74 Å². The average molecular weight is 533 g/mol. The lowest BCUT2D eigenvalue weighted by Crippen LogP contribution is -2.49. The number of hydrogen-bond donors (Lipinski definition) is 0. The van der Waals surface area contributed by atoms with Gasteiger partial charge in [-0.3, -0.25) is 0 Å². The molecule has 7 nitrogen and oxygen atoms in total. The fraction of sp³-hybridized carbons (Fsp3) is 0.345. The SMILES string of the molecule is Cc1cc2c(cnn2-c2ccc(F)cc2)cc1[C@@]12CN(S(=O)(=O)N3CCOCC3)C[C@@H]1[C@H]2c1ccccc1. The number of rotatable bonds is 5. The number of fused-ring (bicyclic) bond motifs is 2. The number of ether oxygens (including phenoxy) is 1. The normalized spacial score (nSPS) is 26.1. The summed E-state index contributed by atoms with van der Waals surface area (Å²) in [6.45, 7) is 4.71. The minimum atomic E-state index is -3.57. The van der Waals surface area contributed by atoms with Crippen LogP contribution in [0.15, 0.2) is 72.9 Å². The lowest BCUT2D eigenvalue weighted by atomic mass is 9.87. The van der Waals surface area contributed by atoms with E-state index >= 15 is 0 Å². The molecule has 7 rings (SSSR count). The van der Waals surface area contributed by atoms with E-state index in [1.54, 1.807) is 20.7 Å². The number of aromatic nitrogens is 2. The van der Waals surface area contributed by atoms with Crippen molar-refractivity contribution < 1.29 is 17.5 Å². The number of nitrogens with zero attached hydrogens (tertiary/aromatic N) is 4. The highest BCUT2D eigenvalue weighted by atomic mass is 32.2. The standard InChI is InChI=1S/C29H29FN4O3S/c1-20-15-27-22(17-31-34(27)24-9-7-23(30)8-10-24)16-25(20)29-19-33(38(35,36)32-11-13-37-14-12-32)18-26(29)28(29)21-5-3-2-4-6-21/h2-10,15-17,26,28H,11-14,18-19H2,1H3/t26-,28-,29+/m1/s1. The summed E-state index contributed by atoms with van der Waals surface area (Å²) < 4.78 is 51.2. The number of morpholine rings is 1. The highest BCUT2D eigenvalue weighted by Gasteiger charge is 2.71. The van der Waals surface area contributed by atoms with Gasteiger partial charge in [-0.15, -0.1) is 0 Å². The van der Waals surface area contributed by atoms with Crippen LogP contribution >= 0.6 is 0 Å². The van der Waals surface area contributed by atoms with Gasteiger partial charge in [0, 0.05) is 42.9 Å². The summed E-state index contributed by atoms with van der Waals surface area (Å²) in [7, 11) is -3.57. The maximum atomic E-state index is 13.6. The monoisotopic (exact) mass is 532 g/mol. The summed E-state index contributed by atoms with van der Waals surface area (Å²) in [4.78, 5) is 0. The van der Waals surface area contributed by atoms with E-state index in [9.17, 15) is 12.8 Å². The van der Waals surface area contributed by atoms with Gasteiger partial charge in [0.05, 0.1) is 30.6 Å². The molecule has 3 aliphatic rings. The molecule has 0 radical (unpaired) electrons. The minimum absolute atomic E-state index is 0.198. The van der Waals surface area contributed by atoms with Gasteiger partial charge >= 0.3 is 0 Å². The first-order valence-electron chi connectivity index (χ1n) is 13.0. The molecule has 3 atom stereocenters. The Morgan fingerprint density at radius 2 is 1.74 bits per heavy atom. The molecule has 0 spiro atoms. The van der Waals surface area contributed by atoms with Gasteiger partial charge in [-0.1, -0.05) is 30.3 Å². The molecule has 3 aromatic carbocycles. The topological polar surface area (TPSA) is 67.7 Å². The summed E-state index contributed by atoms with van der Waals surface area (Å²) in [5.41, 5.74) is 4.98. The zero-order valence-corrected chi connectivity index (χ0v) is 21.9. The van der Waals surface area contributed by atoms with Crippen molar-refractivity contribution in [1.29, 1.82) is 0 Å². The molecule has 1 aliphatic carbocycles. The van der Waals surface area contributed by atoms with Crippen LogP contribution in [-0.2, 0) is 20.4 Å². The predicted molar refractivity (Wildman–Crippen MR) is 143 cm³/mol. The zero-order valence-electron chi connectivity index (χ0n) is 21.1. The Hall–Kier alpha value is -3.11. The highest BCUT2D eigenvalue weighted by Crippen LogP contribution is 2.70. The van der Waals surface area contributed by atoms with Crippen molar-refractivity contribution in [2.45, 2.75) is 18.3 Å². The van der Waals surface area contributed by atoms with E-state index in [1.165, 1.54) is 23.3 Å². The fourth-order valence-corrected chi connectivity index (χ4v) is 8.47. The van der Waals surface area contributed by atoms with Crippen LogP contribution < -0.4 is 0 Å². The van der Waals surface area contributed by atoms with Crippen LogP contribution in [0.5, 0.6) is 0 Å². The molecule has 1 saturated carbocycles. The molecule has 0 bridgehead atoms. The summed E-state index contributed by atoms with van der Waals surface area (Å²) in [5.74, 6) is 0.166. The zero-order chi connectivity index (χ0) is 26.1. The van der Waals surface area contributed by atoms with Crippen LogP contribution in [0, 0.1) is 18.7 Å². The first-order valence-corrected chi connectivity index (χ1v) is 14.4. The first-order chi connectivity index (χ1) is 18.4. The average Bonchev–Trinajstić information content (AvgIpc) is 3.20. The number of hydrogen-bond acceptors (Lipinski definition) is 4. The molecule has 2 saturated heterocycles. The predicted octanol–water partition coefficient (Wildman–Crippen LogP) is 4.02. The van der Waals surface area contributed by atoms with Crippen LogP contribution in [0.25, 0.3) is 16.6 Å². The van der Waals surface area contributed by atoms with Crippen molar-refractivity contribution >= 4 is 21.1 Å². The Bertz CT molecular complexity index is 1620. The molecule has 0 N–H and O–H groups in total. The second-order valence-electron chi connectivity index (χ2n) is 10.6. The Morgan fingerprint density at radius 1 is 1.00 bits per heavy atom. The minimum Gasteiger partial charge on any atom is -0.379 e. The van der Waals surface area contributed by atoms with E-state index in [1.807, 2.05) is 16.9 Å². The quantitative estimate of drug-likeness (QED) is 0.390. The van der Waals surface area contributed by atoms with Crippen molar-refractivity contribution in [1.82, 2.24) is 18.4 Å². The van der Waals surface area contributed by atoms with E-state index in [0.29, 0.717) is 39.4 Å². The molecule has 2 aliphatic heterocycles. The Labute approximate surface area is 221 Å². The van der Waals surface area contributed by atoms with Gasteiger partial charge < -0.3 is 4.74 Å². The molecule has 38 heavy (non-hydrogen) atoms. The molecule has 4 aromatic rings. The largest absolute Gasteiger partial charge is 0.379 e. The molecule has 1 aromatic heterocycles. The molecule has 0 unspecified atom stereocenters. The van der Waals surface area contributed by atoms with Gasteiger partial charge in [0.1, 0.15) is 5.82 Å². The second kappa shape index (κ2) is 8.71. The molecule has 3 fully saturated rings. The Kier molecular flexibility index (Phi) is 5.49. The Balaban J connectivity index is 1.30. The van der Waals surface area contributed by atoms with Crippen molar-refractivity contribution in [2.24, 2.45) is 5.92 Å². The van der Waals surface area contributed by atoms with E-state index in [2.05, 4.69) is 48.4 Å². The Morgan fingerprint density at radius 3 is 2.47 bits per heavy atom. The van der Waals surface area contributed by atoms with Crippen LogP contribution in [0.4, 0.5) is 4.39 Å². The van der Waals surface area contributed by atoms with Gasteiger partial charge in [-0.25, -0.2) is 9.07 Å². The lowest BCUT2D eigenvalue weighted by Gasteiger charge is -2.32. The molecule has 3 heterocycles. The van der Waals surface area contributed by atoms with E-state index < -0.39 is 10.2 Å².